The Morgan fingerprint density at radius 2 is 2.13 bits per heavy atom. The van der Waals surface area contributed by atoms with Gasteiger partial charge in [-0.05, 0) is 25.8 Å². The molecule has 0 aliphatic carbocycles. The van der Waals surface area contributed by atoms with E-state index in [1.807, 2.05) is 6.92 Å². The molecule has 1 atom stereocenters. The minimum Gasteiger partial charge on any atom is -0.388 e. The Labute approximate surface area is 177 Å². The summed E-state index contributed by atoms with van der Waals surface area (Å²) in [6, 6.07) is 1.90. The molecule has 5 heterocycles. The summed E-state index contributed by atoms with van der Waals surface area (Å²) in [4.78, 5) is 42.3. The van der Waals surface area contributed by atoms with E-state index in [1.165, 1.54) is 7.05 Å². The number of carbonyl (C=O) groups excluding carboxylic acids is 1. The molecule has 0 saturated carbocycles. The third kappa shape index (κ3) is 3.31. The van der Waals surface area contributed by atoms with E-state index in [9.17, 15) is 9.59 Å². The molecule has 3 aromatic heterocycles. The van der Waals surface area contributed by atoms with Crippen molar-refractivity contribution in [2.24, 2.45) is 7.05 Å². The van der Waals surface area contributed by atoms with E-state index in [0.717, 1.165) is 24.1 Å². The molecule has 2 aliphatic rings. The summed E-state index contributed by atoms with van der Waals surface area (Å²) < 4.78 is 6.29. The third-order valence-corrected chi connectivity index (χ3v) is 5.59. The molecule has 2 aliphatic heterocycles. The summed E-state index contributed by atoms with van der Waals surface area (Å²) in [5.41, 5.74) is 1.58. The van der Waals surface area contributed by atoms with Crippen LogP contribution in [-0.2, 0) is 7.05 Å². The van der Waals surface area contributed by atoms with Gasteiger partial charge in [0.1, 0.15) is 11.4 Å². The van der Waals surface area contributed by atoms with Gasteiger partial charge in [0.15, 0.2) is 0 Å². The fourth-order valence-corrected chi connectivity index (χ4v) is 4.11. The zero-order valence-electron chi connectivity index (χ0n) is 17.3. The van der Waals surface area contributed by atoms with Crippen LogP contribution in [0.1, 0.15) is 30.1 Å². The molecule has 0 unspecified atom stereocenters. The highest BCUT2D eigenvalue weighted by molar-refractivity contribution is 6.10. The first-order valence-corrected chi connectivity index (χ1v) is 10.2. The van der Waals surface area contributed by atoms with Gasteiger partial charge in [0.25, 0.3) is 11.8 Å². The Morgan fingerprint density at radius 3 is 2.90 bits per heavy atom. The van der Waals surface area contributed by atoms with Gasteiger partial charge in [-0.2, -0.15) is 9.67 Å². The lowest BCUT2D eigenvalue weighted by atomic mass is 10.2. The molecule has 0 radical (unpaired) electrons. The van der Waals surface area contributed by atoms with Crippen molar-refractivity contribution < 1.29 is 9.21 Å². The highest BCUT2D eigenvalue weighted by atomic mass is 16.4. The highest BCUT2D eigenvalue weighted by Gasteiger charge is 2.37. The quantitative estimate of drug-likeness (QED) is 0.662. The fraction of sp³-hybridized carbons (Fsp3) is 0.400. The molecule has 11 nitrogen and oxygen atoms in total. The lowest BCUT2D eigenvalue weighted by Gasteiger charge is -2.27. The first-order valence-electron chi connectivity index (χ1n) is 10.2. The zero-order valence-corrected chi connectivity index (χ0v) is 17.3. The van der Waals surface area contributed by atoms with Gasteiger partial charge >= 0.3 is 5.76 Å². The maximum atomic E-state index is 13.5. The standard InChI is InChI=1S/C20H22N8O3/c1-3-22-19-23-10-15-16(24-19)27-6-4-5-13(27)11-28(18(15)29)14-7-12(8-21-9-14)17-25-26(2)20(30)31-17/h7-10,13H,3-6,11H2,1-2H3,(H,22,23,24)/t13-/m0/s1. The van der Waals surface area contributed by atoms with Gasteiger partial charge in [0, 0.05) is 45.1 Å². The number of amides is 1. The minimum absolute atomic E-state index is 0.144. The molecular formula is C20H22N8O3. The zero-order chi connectivity index (χ0) is 21.5. The van der Waals surface area contributed by atoms with E-state index in [0.29, 0.717) is 41.7 Å². The number of nitrogens with one attached hydrogen (secondary N) is 1. The monoisotopic (exact) mass is 422 g/mol. The van der Waals surface area contributed by atoms with E-state index in [4.69, 9.17) is 4.42 Å². The summed E-state index contributed by atoms with van der Waals surface area (Å²) >= 11 is 0. The van der Waals surface area contributed by atoms with Crippen LogP contribution < -0.4 is 20.9 Å². The van der Waals surface area contributed by atoms with Crippen molar-refractivity contribution in [3.05, 3.63) is 40.8 Å². The first kappa shape index (κ1) is 19.2. The van der Waals surface area contributed by atoms with E-state index in [2.05, 4.69) is 30.3 Å². The summed E-state index contributed by atoms with van der Waals surface area (Å²) in [7, 11) is 1.51. The molecule has 1 fully saturated rings. The number of nitrogens with zero attached hydrogens (tertiary/aromatic N) is 7. The Morgan fingerprint density at radius 1 is 1.26 bits per heavy atom. The van der Waals surface area contributed by atoms with Crippen LogP contribution in [0.15, 0.2) is 33.9 Å². The third-order valence-electron chi connectivity index (χ3n) is 5.59. The SMILES string of the molecule is CCNc1ncc2c(n1)N1CCC[C@H]1CN(c1cncc(-c3nn(C)c(=O)o3)c1)C2=O. The molecular weight excluding hydrogens is 400 g/mol. The van der Waals surface area contributed by atoms with Crippen molar-refractivity contribution in [3.63, 3.8) is 0 Å². The molecule has 1 N–H and O–H groups in total. The number of pyridine rings is 1. The van der Waals surface area contributed by atoms with Gasteiger partial charge in [-0.1, -0.05) is 0 Å². The van der Waals surface area contributed by atoms with Crippen LogP contribution in [-0.4, -0.2) is 56.3 Å². The molecule has 160 valence electrons. The molecule has 1 amide bonds. The van der Waals surface area contributed by atoms with Crippen LogP contribution in [0.5, 0.6) is 0 Å². The topological polar surface area (TPSA) is 122 Å². The van der Waals surface area contributed by atoms with Gasteiger partial charge in [-0.25, -0.2) is 9.78 Å². The number of hydrogen-bond acceptors (Lipinski definition) is 9. The average molecular weight is 422 g/mol. The maximum Gasteiger partial charge on any atom is 0.437 e. The lowest BCUT2D eigenvalue weighted by Crippen LogP contribution is -2.39. The largest absolute Gasteiger partial charge is 0.437 e. The summed E-state index contributed by atoms with van der Waals surface area (Å²) in [6.07, 6.45) is 6.76. The molecule has 0 aromatic carbocycles. The predicted octanol–water partition coefficient (Wildman–Crippen LogP) is 1.29. The molecule has 0 spiro atoms. The van der Waals surface area contributed by atoms with Crippen LogP contribution in [0.25, 0.3) is 11.5 Å². The van der Waals surface area contributed by atoms with Gasteiger partial charge < -0.3 is 19.5 Å². The summed E-state index contributed by atoms with van der Waals surface area (Å²) in [5, 5.41) is 7.20. The number of aryl methyl sites for hydroxylation is 1. The molecule has 5 rings (SSSR count). The lowest BCUT2D eigenvalue weighted by molar-refractivity contribution is 0.0988. The van der Waals surface area contributed by atoms with Crippen LogP contribution >= 0.6 is 0 Å². The number of aromatic nitrogens is 5. The Balaban J connectivity index is 1.56. The first-order chi connectivity index (χ1) is 15.0. The Hall–Kier alpha value is -3.76. The smallest absolute Gasteiger partial charge is 0.388 e. The van der Waals surface area contributed by atoms with Crippen molar-refractivity contribution in [1.29, 1.82) is 0 Å². The predicted molar refractivity (Wildman–Crippen MR) is 113 cm³/mol. The number of hydrogen-bond donors (Lipinski definition) is 1. The highest BCUT2D eigenvalue weighted by Crippen LogP contribution is 2.34. The van der Waals surface area contributed by atoms with Gasteiger partial charge in [0.2, 0.25) is 5.95 Å². The normalized spacial score (nSPS) is 18.0. The van der Waals surface area contributed by atoms with Crippen LogP contribution in [0, 0.1) is 0 Å². The van der Waals surface area contributed by atoms with E-state index >= 15 is 0 Å². The van der Waals surface area contributed by atoms with Gasteiger partial charge in [0.05, 0.1) is 17.4 Å². The average Bonchev–Trinajstić information content (AvgIpc) is 3.35. The second kappa shape index (κ2) is 7.49. The van der Waals surface area contributed by atoms with Crippen molar-refractivity contribution in [3.8, 4) is 11.5 Å². The molecule has 1 saturated heterocycles. The van der Waals surface area contributed by atoms with Crippen LogP contribution in [0.2, 0.25) is 0 Å². The number of fused-ring (bicyclic) bond motifs is 3. The van der Waals surface area contributed by atoms with Crippen LogP contribution in [0.3, 0.4) is 0 Å². The summed E-state index contributed by atoms with van der Waals surface area (Å²) in [6.45, 7) is 4.02. The van der Waals surface area contributed by atoms with Crippen molar-refractivity contribution in [1.82, 2.24) is 24.7 Å². The van der Waals surface area contributed by atoms with Gasteiger partial charge in [-0.15, -0.1) is 5.10 Å². The second-order valence-corrected chi connectivity index (χ2v) is 7.59. The summed E-state index contributed by atoms with van der Waals surface area (Å²) in [5.74, 6) is 0.595. The van der Waals surface area contributed by atoms with Crippen molar-refractivity contribution in [2.45, 2.75) is 25.8 Å². The molecule has 11 heteroatoms. The van der Waals surface area contributed by atoms with E-state index in [-0.39, 0.29) is 17.8 Å². The second-order valence-electron chi connectivity index (χ2n) is 7.59. The van der Waals surface area contributed by atoms with Crippen LogP contribution in [0.4, 0.5) is 17.5 Å². The molecule has 3 aromatic rings. The Kier molecular flexibility index (Phi) is 4.64. The molecule has 31 heavy (non-hydrogen) atoms. The minimum atomic E-state index is -0.560. The number of carbonyl (C=O) groups is 1. The molecule has 0 bridgehead atoms. The number of rotatable bonds is 4. The number of anilines is 3. The van der Waals surface area contributed by atoms with Crippen molar-refractivity contribution >= 4 is 23.4 Å². The maximum absolute atomic E-state index is 13.5. The Bertz CT molecular complexity index is 1200. The van der Waals surface area contributed by atoms with E-state index < -0.39 is 5.76 Å². The fourth-order valence-electron chi connectivity index (χ4n) is 4.11. The van der Waals surface area contributed by atoms with E-state index in [1.54, 1.807) is 29.6 Å². The van der Waals surface area contributed by atoms with Gasteiger partial charge in [-0.3, -0.25) is 9.78 Å². The van der Waals surface area contributed by atoms with Crippen molar-refractivity contribution in [2.75, 3.05) is 34.8 Å².